The number of aromatic nitrogens is 1. The molecule has 0 atom stereocenters. The van der Waals surface area contributed by atoms with Crippen LogP contribution < -0.4 is 21.1 Å². The zero-order valence-electron chi connectivity index (χ0n) is 14.4. The lowest BCUT2D eigenvalue weighted by Gasteiger charge is -2.15. The predicted molar refractivity (Wildman–Crippen MR) is 99.5 cm³/mol. The van der Waals surface area contributed by atoms with Crippen LogP contribution in [0.3, 0.4) is 0 Å². The summed E-state index contributed by atoms with van der Waals surface area (Å²) in [5.74, 6) is 1.63. The van der Waals surface area contributed by atoms with Crippen LogP contribution in [0.1, 0.15) is 36.0 Å². The molecule has 0 saturated heterocycles. The number of hydrogen-bond donors (Lipinski definition) is 3. The summed E-state index contributed by atoms with van der Waals surface area (Å²) in [6.07, 6.45) is 6.57. The Bertz CT molecular complexity index is 725. The third kappa shape index (κ3) is 4.41. The van der Waals surface area contributed by atoms with Gasteiger partial charge in [-0.05, 0) is 43.0 Å². The van der Waals surface area contributed by atoms with Crippen LogP contribution in [-0.4, -0.2) is 24.5 Å². The van der Waals surface area contributed by atoms with Gasteiger partial charge in [-0.2, -0.15) is 0 Å². The van der Waals surface area contributed by atoms with Gasteiger partial charge < -0.3 is 21.1 Å². The SMILES string of the molecule is COc1ccc(Nc2cc(NCC3CCCC3)c(C(N)=O)cn2)cc1. The van der Waals surface area contributed by atoms with Gasteiger partial charge in [-0.15, -0.1) is 0 Å². The number of amides is 1. The van der Waals surface area contributed by atoms with Crippen LogP contribution in [0, 0.1) is 5.92 Å². The van der Waals surface area contributed by atoms with Crippen LogP contribution in [0.5, 0.6) is 5.75 Å². The molecule has 25 heavy (non-hydrogen) atoms. The number of carbonyl (C=O) groups is 1. The summed E-state index contributed by atoms with van der Waals surface area (Å²) in [5.41, 5.74) is 7.51. The maximum absolute atomic E-state index is 11.7. The minimum absolute atomic E-state index is 0.415. The fraction of sp³-hybridized carbons (Fsp3) is 0.368. The molecule has 1 aliphatic carbocycles. The van der Waals surface area contributed by atoms with E-state index in [0.29, 0.717) is 17.3 Å². The van der Waals surface area contributed by atoms with Crippen molar-refractivity contribution in [2.75, 3.05) is 24.3 Å². The van der Waals surface area contributed by atoms with Crippen molar-refractivity contribution in [1.29, 1.82) is 0 Å². The Morgan fingerprint density at radius 3 is 2.64 bits per heavy atom. The average Bonchev–Trinajstić information content (AvgIpc) is 3.14. The number of nitrogens with zero attached hydrogens (tertiary/aromatic N) is 1. The summed E-state index contributed by atoms with van der Waals surface area (Å²) < 4.78 is 5.16. The highest BCUT2D eigenvalue weighted by atomic mass is 16.5. The van der Waals surface area contributed by atoms with Crippen molar-refractivity contribution < 1.29 is 9.53 Å². The van der Waals surface area contributed by atoms with Crippen molar-refractivity contribution >= 4 is 23.1 Å². The summed E-state index contributed by atoms with van der Waals surface area (Å²) in [6, 6.07) is 9.40. The molecule has 1 aromatic carbocycles. The van der Waals surface area contributed by atoms with Gasteiger partial charge in [0.25, 0.3) is 5.91 Å². The molecule has 1 amide bonds. The first kappa shape index (κ1) is 17.1. The van der Waals surface area contributed by atoms with Gasteiger partial charge in [0.2, 0.25) is 0 Å². The molecule has 1 saturated carbocycles. The lowest BCUT2D eigenvalue weighted by atomic mass is 10.1. The minimum atomic E-state index is -0.475. The van der Waals surface area contributed by atoms with Crippen molar-refractivity contribution in [3.05, 3.63) is 42.1 Å². The van der Waals surface area contributed by atoms with Crippen LogP contribution in [0.4, 0.5) is 17.2 Å². The Kier molecular flexibility index (Phi) is 5.38. The molecule has 1 aromatic heterocycles. The summed E-state index contributed by atoms with van der Waals surface area (Å²) in [5, 5.41) is 6.61. The highest BCUT2D eigenvalue weighted by Gasteiger charge is 2.16. The van der Waals surface area contributed by atoms with Crippen LogP contribution in [0.2, 0.25) is 0 Å². The highest BCUT2D eigenvalue weighted by molar-refractivity contribution is 5.98. The van der Waals surface area contributed by atoms with E-state index in [2.05, 4.69) is 15.6 Å². The fourth-order valence-electron chi connectivity index (χ4n) is 3.16. The van der Waals surface area contributed by atoms with Gasteiger partial charge in [0.15, 0.2) is 0 Å². The van der Waals surface area contributed by atoms with Gasteiger partial charge in [0.05, 0.1) is 18.4 Å². The number of ether oxygens (including phenoxy) is 1. The number of primary amides is 1. The molecule has 2 aromatic rings. The Balaban J connectivity index is 1.74. The van der Waals surface area contributed by atoms with E-state index in [1.807, 2.05) is 30.3 Å². The quantitative estimate of drug-likeness (QED) is 0.717. The number of carbonyl (C=O) groups excluding carboxylic acids is 1. The number of hydrogen-bond acceptors (Lipinski definition) is 5. The number of methoxy groups -OCH3 is 1. The van der Waals surface area contributed by atoms with Crippen molar-refractivity contribution in [3.8, 4) is 5.75 Å². The molecule has 1 heterocycles. The first-order chi connectivity index (χ1) is 12.2. The molecule has 0 aliphatic heterocycles. The number of benzene rings is 1. The Hall–Kier alpha value is -2.76. The third-order valence-electron chi connectivity index (χ3n) is 4.59. The molecule has 0 radical (unpaired) electrons. The minimum Gasteiger partial charge on any atom is -0.497 e. The second-order valence-corrected chi connectivity index (χ2v) is 6.36. The Labute approximate surface area is 147 Å². The first-order valence-corrected chi connectivity index (χ1v) is 8.60. The van der Waals surface area contributed by atoms with Gasteiger partial charge in [-0.3, -0.25) is 4.79 Å². The van der Waals surface area contributed by atoms with E-state index in [0.717, 1.165) is 23.7 Å². The fourth-order valence-corrected chi connectivity index (χ4v) is 3.16. The van der Waals surface area contributed by atoms with Crippen molar-refractivity contribution in [1.82, 2.24) is 4.98 Å². The molecule has 1 fully saturated rings. The summed E-state index contributed by atoms with van der Waals surface area (Å²) in [6.45, 7) is 0.853. The van der Waals surface area contributed by atoms with E-state index < -0.39 is 5.91 Å². The van der Waals surface area contributed by atoms with Gasteiger partial charge in [-0.25, -0.2) is 4.98 Å². The van der Waals surface area contributed by atoms with Crippen LogP contribution in [0.25, 0.3) is 0 Å². The zero-order valence-corrected chi connectivity index (χ0v) is 14.4. The number of pyridine rings is 1. The second kappa shape index (κ2) is 7.88. The molecule has 1 aliphatic rings. The normalized spacial score (nSPS) is 14.3. The van der Waals surface area contributed by atoms with Crippen molar-refractivity contribution in [2.45, 2.75) is 25.7 Å². The van der Waals surface area contributed by atoms with Crippen molar-refractivity contribution in [2.24, 2.45) is 11.7 Å². The van der Waals surface area contributed by atoms with Crippen LogP contribution in [0.15, 0.2) is 36.5 Å². The molecule has 0 spiro atoms. The largest absolute Gasteiger partial charge is 0.497 e. The van der Waals surface area contributed by atoms with Crippen LogP contribution >= 0.6 is 0 Å². The first-order valence-electron chi connectivity index (χ1n) is 8.60. The Morgan fingerprint density at radius 2 is 2.00 bits per heavy atom. The van der Waals surface area contributed by atoms with E-state index >= 15 is 0 Å². The standard InChI is InChI=1S/C19H24N4O2/c1-25-15-8-6-14(7-9-15)23-18-10-17(16(12-22-18)19(20)24)21-11-13-4-2-3-5-13/h6-10,12-13H,2-5,11H2,1H3,(H2,20,24)(H2,21,22,23). The third-order valence-corrected chi connectivity index (χ3v) is 4.59. The number of anilines is 3. The highest BCUT2D eigenvalue weighted by Crippen LogP contribution is 2.27. The average molecular weight is 340 g/mol. The molecule has 6 nitrogen and oxygen atoms in total. The lowest BCUT2D eigenvalue weighted by Crippen LogP contribution is -2.18. The lowest BCUT2D eigenvalue weighted by molar-refractivity contribution is 0.100. The summed E-state index contributed by atoms with van der Waals surface area (Å²) in [7, 11) is 1.63. The molecular weight excluding hydrogens is 316 g/mol. The van der Waals surface area contributed by atoms with Gasteiger partial charge in [0.1, 0.15) is 11.6 Å². The van der Waals surface area contributed by atoms with E-state index in [4.69, 9.17) is 10.5 Å². The summed E-state index contributed by atoms with van der Waals surface area (Å²) in [4.78, 5) is 16.0. The maximum atomic E-state index is 11.7. The second-order valence-electron chi connectivity index (χ2n) is 6.36. The van der Waals surface area contributed by atoms with Crippen LogP contribution in [-0.2, 0) is 0 Å². The molecule has 0 unspecified atom stereocenters. The monoisotopic (exact) mass is 340 g/mol. The number of nitrogens with one attached hydrogen (secondary N) is 2. The van der Waals surface area contributed by atoms with Crippen molar-refractivity contribution in [3.63, 3.8) is 0 Å². The van der Waals surface area contributed by atoms with E-state index in [9.17, 15) is 4.79 Å². The topological polar surface area (TPSA) is 89.3 Å². The van der Waals surface area contributed by atoms with E-state index in [-0.39, 0.29) is 0 Å². The zero-order chi connectivity index (χ0) is 17.6. The van der Waals surface area contributed by atoms with E-state index in [1.54, 1.807) is 7.11 Å². The smallest absolute Gasteiger partial charge is 0.252 e. The van der Waals surface area contributed by atoms with Gasteiger partial charge in [-0.1, -0.05) is 12.8 Å². The Morgan fingerprint density at radius 1 is 1.28 bits per heavy atom. The number of nitrogens with two attached hydrogens (primary N) is 1. The molecule has 4 N–H and O–H groups in total. The predicted octanol–water partition coefficient (Wildman–Crippen LogP) is 3.53. The molecular formula is C19H24N4O2. The molecule has 6 heteroatoms. The van der Waals surface area contributed by atoms with Gasteiger partial charge >= 0.3 is 0 Å². The van der Waals surface area contributed by atoms with E-state index in [1.165, 1.54) is 31.9 Å². The summed E-state index contributed by atoms with van der Waals surface area (Å²) >= 11 is 0. The van der Waals surface area contributed by atoms with Gasteiger partial charge in [0, 0.05) is 24.5 Å². The molecule has 0 bridgehead atoms. The number of rotatable bonds is 7. The maximum Gasteiger partial charge on any atom is 0.252 e. The molecule has 132 valence electrons. The molecule has 3 rings (SSSR count).